The number of amides is 1. The standard InChI is InChI=1S/C19H19N3O3/c1-2-24-18-8-4-3-7-16(18)22-19(23)17-12-14(9-10-20-17)21-13-15-6-5-11-25-15/h3-12H,2,13H2,1H3,(H,20,21)(H,22,23). The van der Waals surface area contributed by atoms with E-state index in [1.54, 1.807) is 30.7 Å². The monoisotopic (exact) mass is 337 g/mol. The molecule has 3 aromatic rings. The first-order valence-corrected chi connectivity index (χ1v) is 8.01. The van der Waals surface area contributed by atoms with Crippen molar-refractivity contribution in [2.45, 2.75) is 13.5 Å². The number of hydrogen-bond acceptors (Lipinski definition) is 5. The molecule has 0 spiro atoms. The number of para-hydroxylation sites is 2. The maximum atomic E-state index is 12.5. The molecule has 0 bridgehead atoms. The van der Waals surface area contributed by atoms with E-state index in [-0.39, 0.29) is 5.91 Å². The first kappa shape index (κ1) is 16.6. The molecule has 1 amide bonds. The number of carbonyl (C=O) groups excluding carboxylic acids is 1. The molecular weight excluding hydrogens is 318 g/mol. The van der Waals surface area contributed by atoms with Crippen LogP contribution in [0.5, 0.6) is 5.75 Å². The van der Waals surface area contributed by atoms with Gasteiger partial charge in [0.1, 0.15) is 17.2 Å². The number of nitrogens with zero attached hydrogens (tertiary/aromatic N) is 1. The van der Waals surface area contributed by atoms with Crippen LogP contribution < -0.4 is 15.4 Å². The summed E-state index contributed by atoms with van der Waals surface area (Å²) in [4.78, 5) is 16.6. The van der Waals surface area contributed by atoms with Crippen molar-refractivity contribution in [1.29, 1.82) is 0 Å². The van der Waals surface area contributed by atoms with E-state index in [0.717, 1.165) is 11.4 Å². The lowest BCUT2D eigenvalue weighted by Gasteiger charge is -2.11. The third kappa shape index (κ3) is 4.38. The predicted octanol–water partition coefficient (Wildman–Crippen LogP) is 3.94. The second-order valence-electron chi connectivity index (χ2n) is 5.25. The normalized spacial score (nSPS) is 10.3. The highest BCUT2D eigenvalue weighted by Crippen LogP contribution is 2.24. The van der Waals surface area contributed by atoms with Crippen molar-refractivity contribution in [1.82, 2.24) is 4.98 Å². The Kier molecular flexibility index (Phi) is 5.31. The molecule has 1 aromatic carbocycles. The van der Waals surface area contributed by atoms with Gasteiger partial charge in [-0.2, -0.15) is 0 Å². The number of rotatable bonds is 7. The van der Waals surface area contributed by atoms with Crippen LogP contribution in [0.4, 0.5) is 11.4 Å². The molecule has 128 valence electrons. The number of pyridine rings is 1. The van der Waals surface area contributed by atoms with E-state index in [9.17, 15) is 4.79 Å². The number of benzene rings is 1. The van der Waals surface area contributed by atoms with Gasteiger partial charge < -0.3 is 19.8 Å². The maximum Gasteiger partial charge on any atom is 0.274 e. The summed E-state index contributed by atoms with van der Waals surface area (Å²) in [7, 11) is 0. The quantitative estimate of drug-likeness (QED) is 0.683. The van der Waals surface area contributed by atoms with Gasteiger partial charge >= 0.3 is 0 Å². The zero-order valence-electron chi connectivity index (χ0n) is 13.9. The van der Waals surface area contributed by atoms with Crippen LogP contribution in [0.15, 0.2) is 65.4 Å². The average Bonchev–Trinajstić information content (AvgIpc) is 3.16. The van der Waals surface area contributed by atoms with E-state index in [0.29, 0.717) is 30.3 Å². The predicted molar refractivity (Wildman–Crippen MR) is 95.8 cm³/mol. The molecule has 2 heterocycles. The molecule has 0 unspecified atom stereocenters. The molecule has 0 radical (unpaired) electrons. The Bertz CT molecular complexity index is 831. The number of carbonyl (C=O) groups is 1. The minimum Gasteiger partial charge on any atom is -0.492 e. The fraction of sp³-hybridized carbons (Fsp3) is 0.158. The van der Waals surface area contributed by atoms with Gasteiger partial charge in [-0.1, -0.05) is 12.1 Å². The van der Waals surface area contributed by atoms with Crippen molar-refractivity contribution in [3.63, 3.8) is 0 Å². The largest absolute Gasteiger partial charge is 0.492 e. The van der Waals surface area contributed by atoms with Crippen LogP contribution in [0.2, 0.25) is 0 Å². The van der Waals surface area contributed by atoms with Crippen LogP contribution in [0.3, 0.4) is 0 Å². The smallest absolute Gasteiger partial charge is 0.274 e. The SMILES string of the molecule is CCOc1ccccc1NC(=O)c1cc(NCc2ccco2)ccn1. The maximum absolute atomic E-state index is 12.5. The minimum absolute atomic E-state index is 0.297. The molecule has 3 rings (SSSR count). The number of hydrogen-bond donors (Lipinski definition) is 2. The molecule has 6 nitrogen and oxygen atoms in total. The highest BCUT2D eigenvalue weighted by molar-refractivity contribution is 6.04. The molecule has 0 atom stereocenters. The number of ether oxygens (including phenoxy) is 1. The Labute approximate surface area is 145 Å². The molecule has 2 N–H and O–H groups in total. The lowest BCUT2D eigenvalue weighted by atomic mass is 10.2. The van der Waals surface area contributed by atoms with E-state index >= 15 is 0 Å². The van der Waals surface area contributed by atoms with Crippen LogP contribution in [0, 0.1) is 0 Å². The van der Waals surface area contributed by atoms with E-state index in [1.807, 2.05) is 37.3 Å². The summed E-state index contributed by atoms with van der Waals surface area (Å²) in [6, 6.07) is 14.5. The van der Waals surface area contributed by atoms with E-state index < -0.39 is 0 Å². The van der Waals surface area contributed by atoms with E-state index in [4.69, 9.17) is 9.15 Å². The van der Waals surface area contributed by atoms with Gasteiger partial charge in [0.15, 0.2) is 0 Å². The third-order valence-corrected chi connectivity index (χ3v) is 3.47. The summed E-state index contributed by atoms with van der Waals surface area (Å²) in [6.07, 6.45) is 3.21. The van der Waals surface area contributed by atoms with Gasteiger partial charge in [-0.15, -0.1) is 0 Å². The van der Waals surface area contributed by atoms with Crippen molar-refractivity contribution in [2.24, 2.45) is 0 Å². The fourth-order valence-corrected chi connectivity index (χ4v) is 2.30. The van der Waals surface area contributed by atoms with Gasteiger partial charge in [0.25, 0.3) is 5.91 Å². The molecule has 6 heteroatoms. The van der Waals surface area contributed by atoms with Crippen molar-refractivity contribution in [3.8, 4) is 5.75 Å². The second-order valence-corrected chi connectivity index (χ2v) is 5.25. The summed E-state index contributed by atoms with van der Waals surface area (Å²) < 4.78 is 10.8. The van der Waals surface area contributed by atoms with Gasteiger partial charge in [-0.05, 0) is 43.3 Å². The van der Waals surface area contributed by atoms with Crippen molar-refractivity contribution in [2.75, 3.05) is 17.2 Å². The average molecular weight is 337 g/mol. The first-order chi connectivity index (χ1) is 12.3. The van der Waals surface area contributed by atoms with Crippen LogP contribution in [-0.2, 0) is 6.54 Å². The highest BCUT2D eigenvalue weighted by atomic mass is 16.5. The Morgan fingerprint density at radius 2 is 2.08 bits per heavy atom. The fourth-order valence-electron chi connectivity index (χ4n) is 2.30. The molecule has 0 saturated carbocycles. The molecule has 25 heavy (non-hydrogen) atoms. The number of nitrogens with one attached hydrogen (secondary N) is 2. The van der Waals surface area contributed by atoms with E-state index in [2.05, 4.69) is 15.6 Å². The molecule has 0 aliphatic heterocycles. The summed E-state index contributed by atoms with van der Waals surface area (Å²) in [5, 5.41) is 6.04. The lowest BCUT2D eigenvalue weighted by Crippen LogP contribution is -2.15. The van der Waals surface area contributed by atoms with Crippen LogP contribution in [0.1, 0.15) is 23.2 Å². The van der Waals surface area contributed by atoms with Crippen LogP contribution in [-0.4, -0.2) is 17.5 Å². The van der Waals surface area contributed by atoms with Crippen LogP contribution in [0.25, 0.3) is 0 Å². The number of anilines is 2. The molecule has 0 saturated heterocycles. The summed E-state index contributed by atoms with van der Waals surface area (Å²) >= 11 is 0. The molecular formula is C19H19N3O3. The number of aromatic nitrogens is 1. The molecule has 2 aromatic heterocycles. The topological polar surface area (TPSA) is 76.4 Å². The zero-order chi connectivity index (χ0) is 17.5. The second kappa shape index (κ2) is 8.01. The third-order valence-electron chi connectivity index (χ3n) is 3.47. The van der Waals surface area contributed by atoms with Crippen molar-refractivity contribution in [3.05, 3.63) is 72.4 Å². The molecule has 0 fully saturated rings. The zero-order valence-corrected chi connectivity index (χ0v) is 13.9. The highest BCUT2D eigenvalue weighted by Gasteiger charge is 2.11. The lowest BCUT2D eigenvalue weighted by molar-refractivity contribution is 0.102. The number of furan rings is 1. The van der Waals surface area contributed by atoms with Gasteiger partial charge in [-0.3, -0.25) is 9.78 Å². The van der Waals surface area contributed by atoms with Gasteiger partial charge in [0, 0.05) is 11.9 Å². The Morgan fingerprint density at radius 1 is 1.20 bits per heavy atom. The minimum atomic E-state index is -0.297. The Balaban J connectivity index is 1.69. The van der Waals surface area contributed by atoms with E-state index in [1.165, 1.54) is 0 Å². The van der Waals surface area contributed by atoms with Gasteiger partial charge in [-0.25, -0.2) is 0 Å². The van der Waals surface area contributed by atoms with Gasteiger partial charge in [0.2, 0.25) is 0 Å². The Hall–Kier alpha value is -3.28. The Morgan fingerprint density at radius 3 is 2.88 bits per heavy atom. The summed E-state index contributed by atoms with van der Waals surface area (Å²) in [5.41, 5.74) is 1.72. The summed E-state index contributed by atoms with van der Waals surface area (Å²) in [6.45, 7) is 2.96. The molecule has 0 aliphatic carbocycles. The first-order valence-electron chi connectivity index (χ1n) is 8.01. The van der Waals surface area contributed by atoms with Crippen LogP contribution >= 0.6 is 0 Å². The summed E-state index contributed by atoms with van der Waals surface area (Å²) in [5.74, 6) is 1.15. The van der Waals surface area contributed by atoms with Crippen molar-refractivity contribution >= 4 is 17.3 Å². The van der Waals surface area contributed by atoms with Crippen molar-refractivity contribution < 1.29 is 13.9 Å². The molecule has 0 aliphatic rings. The van der Waals surface area contributed by atoms with Gasteiger partial charge in [0.05, 0.1) is 25.1 Å².